The molecule has 0 spiro atoms. The molecule has 1 unspecified atom stereocenters. The largest absolute Gasteiger partial charge is 0.508 e. The van der Waals surface area contributed by atoms with Crippen LogP contribution in [0.2, 0.25) is 0 Å². The maximum atomic E-state index is 9.80. The van der Waals surface area contributed by atoms with Crippen LogP contribution >= 0.6 is 0 Å². The lowest BCUT2D eigenvalue weighted by Crippen LogP contribution is -2.57. The number of likely N-dealkylation sites (tertiary alicyclic amines) is 1. The van der Waals surface area contributed by atoms with Crippen LogP contribution in [0, 0.1) is 5.92 Å². The van der Waals surface area contributed by atoms with Crippen LogP contribution in [0.15, 0.2) is 30.9 Å². The Morgan fingerprint density at radius 1 is 1.53 bits per heavy atom. The summed E-state index contributed by atoms with van der Waals surface area (Å²) in [6, 6.07) is 6.53. The Bertz CT molecular complexity index is 510. The molecule has 2 heteroatoms. The zero-order chi connectivity index (χ0) is 13.6. The fraction of sp³-hybridized carbons (Fsp3) is 0.529. The third-order valence-electron chi connectivity index (χ3n) is 5.47. The molecule has 1 aromatic carbocycles. The summed E-state index contributed by atoms with van der Waals surface area (Å²) in [6.07, 6.45) is 4.27. The second-order valence-electron chi connectivity index (χ2n) is 6.35. The van der Waals surface area contributed by atoms with Gasteiger partial charge >= 0.3 is 0 Å². The molecule has 2 nitrogen and oxygen atoms in total. The van der Waals surface area contributed by atoms with Crippen LogP contribution in [-0.2, 0) is 11.8 Å². The summed E-state index contributed by atoms with van der Waals surface area (Å²) in [5.74, 6) is 1.02. The molecule has 3 rings (SSSR count). The number of fused-ring (bicyclic) bond motifs is 4. The van der Waals surface area contributed by atoms with Crippen molar-refractivity contribution in [2.45, 2.75) is 38.1 Å². The molecule has 0 radical (unpaired) electrons. The van der Waals surface area contributed by atoms with Crippen LogP contribution in [-0.4, -0.2) is 29.1 Å². The second-order valence-corrected chi connectivity index (χ2v) is 6.35. The standard InChI is InChI=1S/C17H23NO/c1-4-8-18-9-7-17(3)12(2)16(18)10-13-5-6-14(19)11-15(13)17/h4-6,11-12,16,19H,1,7-10H2,2-3H3/t12?,16-,17-/m1/s1. The molecule has 102 valence electrons. The van der Waals surface area contributed by atoms with Gasteiger partial charge in [-0.15, -0.1) is 6.58 Å². The Balaban J connectivity index is 2.06. The fourth-order valence-electron chi connectivity index (χ4n) is 4.09. The van der Waals surface area contributed by atoms with Crippen molar-refractivity contribution in [1.29, 1.82) is 0 Å². The number of piperidine rings is 1. The van der Waals surface area contributed by atoms with Gasteiger partial charge in [0.25, 0.3) is 0 Å². The number of rotatable bonds is 2. The van der Waals surface area contributed by atoms with Gasteiger partial charge in [0, 0.05) is 12.6 Å². The molecule has 3 atom stereocenters. The maximum absolute atomic E-state index is 9.80. The average molecular weight is 257 g/mol. The summed E-state index contributed by atoms with van der Waals surface area (Å²) >= 11 is 0. The van der Waals surface area contributed by atoms with E-state index in [1.165, 1.54) is 11.1 Å². The first-order valence-electron chi connectivity index (χ1n) is 7.23. The van der Waals surface area contributed by atoms with Gasteiger partial charge in [-0.2, -0.15) is 0 Å². The van der Waals surface area contributed by atoms with E-state index < -0.39 is 0 Å². The van der Waals surface area contributed by atoms with Crippen molar-refractivity contribution in [3.8, 4) is 5.75 Å². The van der Waals surface area contributed by atoms with Crippen LogP contribution in [0.3, 0.4) is 0 Å². The summed E-state index contributed by atoms with van der Waals surface area (Å²) in [5, 5.41) is 9.80. The van der Waals surface area contributed by atoms with E-state index in [-0.39, 0.29) is 5.41 Å². The highest BCUT2D eigenvalue weighted by Crippen LogP contribution is 2.49. The van der Waals surface area contributed by atoms with Crippen LogP contribution < -0.4 is 0 Å². The van der Waals surface area contributed by atoms with Crippen LogP contribution in [0.1, 0.15) is 31.4 Å². The normalized spacial score (nSPS) is 33.8. The minimum atomic E-state index is 0.203. The SMILES string of the molecule is C=CCN1CC[C@@]2(C)c3cc(O)ccc3C[C@@H]1C2C. The van der Waals surface area contributed by atoms with Gasteiger partial charge in [0.1, 0.15) is 5.75 Å². The summed E-state index contributed by atoms with van der Waals surface area (Å²) < 4.78 is 0. The smallest absolute Gasteiger partial charge is 0.115 e. The minimum Gasteiger partial charge on any atom is -0.508 e. The monoisotopic (exact) mass is 257 g/mol. The van der Waals surface area contributed by atoms with Gasteiger partial charge in [0.2, 0.25) is 0 Å². The molecular weight excluding hydrogens is 234 g/mol. The van der Waals surface area contributed by atoms with E-state index in [1.807, 2.05) is 18.2 Å². The molecular formula is C17H23NO. The maximum Gasteiger partial charge on any atom is 0.115 e. The fourth-order valence-corrected chi connectivity index (χ4v) is 4.09. The Labute approximate surface area is 115 Å². The summed E-state index contributed by atoms with van der Waals surface area (Å²) in [7, 11) is 0. The first-order valence-corrected chi connectivity index (χ1v) is 7.23. The summed E-state index contributed by atoms with van der Waals surface area (Å²) in [5.41, 5.74) is 2.99. The highest BCUT2D eigenvalue weighted by Gasteiger charge is 2.48. The highest BCUT2D eigenvalue weighted by molar-refractivity contribution is 5.44. The molecule has 0 aromatic heterocycles. The molecule has 1 fully saturated rings. The van der Waals surface area contributed by atoms with Crippen molar-refractivity contribution in [2.24, 2.45) is 5.92 Å². The second kappa shape index (κ2) is 4.38. The number of aromatic hydroxyl groups is 1. The highest BCUT2D eigenvalue weighted by atomic mass is 16.3. The van der Waals surface area contributed by atoms with E-state index in [0.717, 1.165) is 25.9 Å². The van der Waals surface area contributed by atoms with Gasteiger partial charge < -0.3 is 5.11 Å². The zero-order valence-corrected chi connectivity index (χ0v) is 11.9. The lowest BCUT2D eigenvalue weighted by atomic mass is 9.59. The van der Waals surface area contributed by atoms with Gasteiger partial charge in [0.05, 0.1) is 0 Å². The van der Waals surface area contributed by atoms with Crippen molar-refractivity contribution in [2.75, 3.05) is 13.1 Å². The summed E-state index contributed by atoms with van der Waals surface area (Å²) in [6.45, 7) is 10.7. The number of phenolic OH excluding ortho intramolecular Hbond substituents is 1. The lowest BCUT2D eigenvalue weighted by molar-refractivity contribution is 0.0398. The molecule has 1 saturated heterocycles. The molecule has 1 heterocycles. The van der Waals surface area contributed by atoms with E-state index in [0.29, 0.717) is 17.7 Å². The van der Waals surface area contributed by atoms with Gasteiger partial charge in [-0.05, 0) is 54.0 Å². The number of phenols is 1. The van der Waals surface area contributed by atoms with Gasteiger partial charge in [-0.3, -0.25) is 4.90 Å². The molecule has 1 aromatic rings. The predicted octanol–water partition coefficient (Wildman–Crippen LogP) is 3.10. The molecule has 19 heavy (non-hydrogen) atoms. The van der Waals surface area contributed by atoms with E-state index >= 15 is 0 Å². The van der Waals surface area contributed by atoms with Crippen LogP contribution in [0.25, 0.3) is 0 Å². The topological polar surface area (TPSA) is 23.5 Å². The van der Waals surface area contributed by atoms with Crippen molar-refractivity contribution in [1.82, 2.24) is 4.90 Å². The molecule has 1 aliphatic heterocycles. The Morgan fingerprint density at radius 3 is 3.05 bits per heavy atom. The predicted molar refractivity (Wildman–Crippen MR) is 78.5 cm³/mol. The molecule has 1 N–H and O–H groups in total. The van der Waals surface area contributed by atoms with Crippen molar-refractivity contribution >= 4 is 0 Å². The molecule has 2 bridgehead atoms. The minimum absolute atomic E-state index is 0.203. The Kier molecular flexibility index (Phi) is 2.94. The van der Waals surface area contributed by atoms with Gasteiger partial charge in [0.15, 0.2) is 0 Å². The lowest BCUT2D eigenvalue weighted by Gasteiger charge is -2.54. The molecule has 1 aliphatic carbocycles. The zero-order valence-electron chi connectivity index (χ0n) is 11.9. The van der Waals surface area contributed by atoms with Gasteiger partial charge in [-0.1, -0.05) is 26.0 Å². The number of nitrogens with zero attached hydrogens (tertiary/aromatic N) is 1. The van der Waals surface area contributed by atoms with E-state index in [2.05, 4.69) is 31.4 Å². The van der Waals surface area contributed by atoms with Gasteiger partial charge in [-0.25, -0.2) is 0 Å². The van der Waals surface area contributed by atoms with Crippen molar-refractivity contribution in [3.63, 3.8) is 0 Å². The van der Waals surface area contributed by atoms with Crippen molar-refractivity contribution in [3.05, 3.63) is 42.0 Å². The van der Waals surface area contributed by atoms with E-state index in [9.17, 15) is 5.11 Å². The quantitative estimate of drug-likeness (QED) is 0.823. The van der Waals surface area contributed by atoms with Crippen LogP contribution in [0.4, 0.5) is 0 Å². The first-order chi connectivity index (χ1) is 9.06. The molecule has 0 amide bonds. The third kappa shape index (κ3) is 1.81. The third-order valence-corrected chi connectivity index (χ3v) is 5.47. The van der Waals surface area contributed by atoms with E-state index in [4.69, 9.17) is 0 Å². The Morgan fingerprint density at radius 2 is 2.32 bits per heavy atom. The Hall–Kier alpha value is -1.28. The summed E-state index contributed by atoms with van der Waals surface area (Å²) in [4.78, 5) is 2.56. The number of hydrogen-bond donors (Lipinski definition) is 1. The van der Waals surface area contributed by atoms with Crippen molar-refractivity contribution < 1.29 is 5.11 Å². The van der Waals surface area contributed by atoms with Crippen LogP contribution in [0.5, 0.6) is 5.75 Å². The average Bonchev–Trinajstić information content (AvgIpc) is 2.38. The van der Waals surface area contributed by atoms with E-state index in [1.54, 1.807) is 0 Å². The number of hydrogen-bond acceptors (Lipinski definition) is 2. The molecule has 0 saturated carbocycles. The molecule has 2 aliphatic rings. The first kappa shape index (κ1) is 12.7. The number of benzene rings is 1.